The minimum atomic E-state index is -1.05. The fourth-order valence-corrected chi connectivity index (χ4v) is 2.96. The maximum atomic E-state index is 12.2. The number of rotatable bonds is 8. The zero-order valence-electron chi connectivity index (χ0n) is 12.8. The fraction of sp³-hybridized carbons (Fsp3) is 0.294. The van der Waals surface area contributed by atoms with Gasteiger partial charge in [0.15, 0.2) is 6.61 Å². The van der Waals surface area contributed by atoms with Crippen LogP contribution in [0.15, 0.2) is 41.8 Å². The molecule has 1 aromatic heterocycles. The van der Waals surface area contributed by atoms with Crippen molar-refractivity contribution >= 4 is 23.2 Å². The van der Waals surface area contributed by atoms with Crippen LogP contribution in [0.25, 0.3) is 0 Å². The Labute approximate surface area is 138 Å². The van der Waals surface area contributed by atoms with Crippen LogP contribution in [0.5, 0.6) is 5.75 Å². The van der Waals surface area contributed by atoms with Gasteiger partial charge in [-0.3, -0.25) is 4.79 Å². The zero-order chi connectivity index (χ0) is 16.7. The number of amides is 1. The van der Waals surface area contributed by atoms with Crippen LogP contribution in [0.3, 0.4) is 0 Å². The molecule has 6 heteroatoms. The summed E-state index contributed by atoms with van der Waals surface area (Å²) in [5, 5.41) is 13.5. The number of carboxylic acid groups (broad SMARTS) is 1. The molecule has 2 rings (SSSR count). The number of thiophene rings is 1. The quantitative estimate of drug-likeness (QED) is 0.779. The highest BCUT2D eigenvalue weighted by molar-refractivity contribution is 7.09. The number of aliphatic carboxylic acids is 1. The molecule has 1 atom stereocenters. The first kappa shape index (κ1) is 17.0. The van der Waals surface area contributed by atoms with Crippen LogP contribution in [0.2, 0.25) is 0 Å². The third-order valence-electron chi connectivity index (χ3n) is 3.20. The van der Waals surface area contributed by atoms with E-state index in [9.17, 15) is 9.59 Å². The number of carbonyl (C=O) groups excluding carboxylic acids is 1. The van der Waals surface area contributed by atoms with Crippen molar-refractivity contribution < 1.29 is 19.4 Å². The molecule has 0 bridgehead atoms. The van der Waals surface area contributed by atoms with Crippen LogP contribution < -0.4 is 10.1 Å². The molecule has 0 saturated heterocycles. The monoisotopic (exact) mass is 333 g/mol. The molecule has 0 aliphatic heterocycles. The van der Waals surface area contributed by atoms with Crippen molar-refractivity contribution in [3.63, 3.8) is 0 Å². The van der Waals surface area contributed by atoms with E-state index in [4.69, 9.17) is 9.84 Å². The van der Waals surface area contributed by atoms with Crippen LogP contribution in [0.4, 0.5) is 0 Å². The first-order valence-corrected chi connectivity index (χ1v) is 8.18. The van der Waals surface area contributed by atoms with E-state index in [0.717, 1.165) is 6.42 Å². The maximum Gasteiger partial charge on any atom is 0.341 e. The van der Waals surface area contributed by atoms with Gasteiger partial charge in [0, 0.05) is 17.0 Å². The highest BCUT2D eigenvalue weighted by Gasteiger charge is 2.10. The fourth-order valence-electron chi connectivity index (χ4n) is 2.09. The largest absolute Gasteiger partial charge is 0.482 e. The summed E-state index contributed by atoms with van der Waals surface area (Å²) in [7, 11) is 0. The zero-order valence-corrected chi connectivity index (χ0v) is 13.6. The summed E-state index contributed by atoms with van der Waals surface area (Å²) in [4.78, 5) is 24.0. The van der Waals surface area contributed by atoms with Gasteiger partial charge in [0.25, 0.3) is 5.91 Å². The second-order valence-corrected chi connectivity index (χ2v) is 6.34. The van der Waals surface area contributed by atoms with E-state index in [-0.39, 0.29) is 5.91 Å². The SMILES string of the molecule is CC(CNC(=O)c1cccc(OCC(=O)O)c1)Cc1cccs1. The Balaban J connectivity index is 1.85. The van der Waals surface area contributed by atoms with Gasteiger partial charge in [-0.15, -0.1) is 11.3 Å². The lowest BCUT2D eigenvalue weighted by Gasteiger charge is -2.12. The average Bonchev–Trinajstić information content (AvgIpc) is 3.03. The van der Waals surface area contributed by atoms with Crippen LogP contribution in [-0.2, 0) is 11.2 Å². The number of hydrogen-bond acceptors (Lipinski definition) is 4. The number of benzene rings is 1. The van der Waals surface area contributed by atoms with Crippen molar-refractivity contribution in [2.24, 2.45) is 5.92 Å². The standard InChI is InChI=1S/C17H19NO4S/c1-12(8-15-6-3-7-23-15)10-18-17(21)13-4-2-5-14(9-13)22-11-16(19)20/h2-7,9,12H,8,10-11H2,1H3,(H,18,21)(H,19,20). The molecule has 1 aromatic carbocycles. The molecule has 1 amide bonds. The molecule has 0 fully saturated rings. The van der Waals surface area contributed by atoms with Gasteiger partial charge in [0.2, 0.25) is 0 Å². The molecule has 0 aliphatic carbocycles. The third kappa shape index (κ3) is 5.75. The molecule has 0 radical (unpaired) electrons. The number of ether oxygens (including phenoxy) is 1. The number of nitrogens with one attached hydrogen (secondary N) is 1. The number of carboxylic acids is 1. The van der Waals surface area contributed by atoms with E-state index in [0.29, 0.717) is 23.8 Å². The third-order valence-corrected chi connectivity index (χ3v) is 4.10. The summed E-state index contributed by atoms with van der Waals surface area (Å²) >= 11 is 1.71. The van der Waals surface area contributed by atoms with Gasteiger partial charge in [-0.1, -0.05) is 19.1 Å². The molecular formula is C17H19NO4S. The van der Waals surface area contributed by atoms with Gasteiger partial charge < -0.3 is 15.2 Å². The van der Waals surface area contributed by atoms with Gasteiger partial charge in [-0.25, -0.2) is 4.79 Å². The molecule has 0 aliphatic rings. The predicted molar refractivity (Wildman–Crippen MR) is 89.1 cm³/mol. The van der Waals surface area contributed by atoms with Crippen LogP contribution >= 0.6 is 11.3 Å². The molecule has 122 valence electrons. The molecule has 23 heavy (non-hydrogen) atoms. The summed E-state index contributed by atoms with van der Waals surface area (Å²) in [5.74, 6) is -0.540. The van der Waals surface area contributed by atoms with E-state index in [1.807, 2.05) is 11.4 Å². The second-order valence-electron chi connectivity index (χ2n) is 5.31. The summed E-state index contributed by atoms with van der Waals surface area (Å²) in [6.45, 7) is 2.24. The van der Waals surface area contributed by atoms with E-state index < -0.39 is 12.6 Å². The summed E-state index contributed by atoms with van der Waals surface area (Å²) in [6.07, 6.45) is 0.930. The van der Waals surface area contributed by atoms with Crippen LogP contribution in [-0.4, -0.2) is 30.1 Å². The Morgan fingerprint density at radius 3 is 2.83 bits per heavy atom. The first-order chi connectivity index (χ1) is 11.0. The van der Waals surface area contributed by atoms with Crippen molar-refractivity contribution in [3.8, 4) is 5.75 Å². The molecule has 2 aromatic rings. The van der Waals surface area contributed by atoms with Crippen molar-refractivity contribution in [3.05, 3.63) is 52.2 Å². The Morgan fingerprint density at radius 1 is 1.30 bits per heavy atom. The molecular weight excluding hydrogens is 314 g/mol. The minimum absolute atomic E-state index is 0.191. The molecule has 1 unspecified atom stereocenters. The van der Waals surface area contributed by atoms with Crippen molar-refractivity contribution in [1.82, 2.24) is 5.32 Å². The lowest BCUT2D eigenvalue weighted by atomic mass is 10.1. The van der Waals surface area contributed by atoms with E-state index >= 15 is 0 Å². The van der Waals surface area contributed by atoms with Crippen LogP contribution in [0.1, 0.15) is 22.2 Å². The molecule has 0 spiro atoms. The lowest BCUT2D eigenvalue weighted by Crippen LogP contribution is -2.29. The normalized spacial score (nSPS) is 11.7. The Bertz CT molecular complexity index is 654. The Morgan fingerprint density at radius 2 is 2.13 bits per heavy atom. The van der Waals surface area contributed by atoms with E-state index in [1.165, 1.54) is 4.88 Å². The molecule has 1 heterocycles. The highest BCUT2D eigenvalue weighted by atomic mass is 32.1. The van der Waals surface area contributed by atoms with Gasteiger partial charge >= 0.3 is 5.97 Å². The van der Waals surface area contributed by atoms with Crippen molar-refractivity contribution in [2.75, 3.05) is 13.2 Å². The van der Waals surface area contributed by atoms with Gasteiger partial charge in [-0.05, 0) is 42.0 Å². The van der Waals surface area contributed by atoms with Gasteiger partial charge in [0.1, 0.15) is 5.75 Å². The van der Waals surface area contributed by atoms with Crippen LogP contribution in [0, 0.1) is 5.92 Å². The van der Waals surface area contributed by atoms with Gasteiger partial charge in [0.05, 0.1) is 0 Å². The predicted octanol–water partition coefficient (Wildman–Crippen LogP) is 2.82. The topological polar surface area (TPSA) is 75.6 Å². The Hall–Kier alpha value is -2.34. The van der Waals surface area contributed by atoms with Crippen molar-refractivity contribution in [2.45, 2.75) is 13.3 Å². The lowest BCUT2D eigenvalue weighted by molar-refractivity contribution is -0.139. The van der Waals surface area contributed by atoms with Gasteiger partial charge in [-0.2, -0.15) is 0 Å². The average molecular weight is 333 g/mol. The maximum absolute atomic E-state index is 12.2. The van der Waals surface area contributed by atoms with E-state index in [1.54, 1.807) is 35.6 Å². The molecule has 0 saturated carbocycles. The number of hydrogen-bond donors (Lipinski definition) is 2. The Kier molecular flexibility index (Phi) is 6.17. The molecule has 5 nitrogen and oxygen atoms in total. The molecule has 2 N–H and O–H groups in total. The first-order valence-electron chi connectivity index (χ1n) is 7.30. The number of carbonyl (C=O) groups is 2. The van der Waals surface area contributed by atoms with Crippen molar-refractivity contribution in [1.29, 1.82) is 0 Å². The summed E-state index contributed by atoms with van der Waals surface area (Å²) < 4.78 is 5.08. The second kappa shape index (κ2) is 8.33. The minimum Gasteiger partial charge on any atom is -0.482 e. The van der Waals surface area contributed by atoms with E-state index in [2.05, 4.69) is 18.3 Å². The smallest absolute Gasteiger partial charge is 0.341 e. The highest BCUT2D eigenvalue weighted by Crippen LogP contribution is 2.15. The summed E-state index contributed by atoms with van der Waals surface area (Å²) in [6, 6.07) is 10.6. The summed E-state index contributed by atoms with van der Waals surface area (Å²) in [5.41, 5.74) is 0.455.